The average Bonchev–Trinajstić information content (AvgIpc) is 3.91. The Balaban J connectivity index is 0.856. The van der Waals surface area contributed by atoms with Crippen molar-refractivity contribution in [1.29, 1.82) is 0 Å². The van der Waals surface area contributed by atoms with Crippen LogP contribution in [0.1, 0.15) is 122 Å². The lowest BCUT2D eigenvalue weighted by Crippen LogP contribution is -2.21. The number of benzene rings is 6. The van der Waals surface area contributed by atoms with Crippen molar-refractivity contribution in [3.63, 3.8) is 0 Å². The first-order chi connectivity index (χ1) is 39.7. The maximum Gasteiger partial charge on any atom is 0.343 e. The highest BCUT2D eigenvalue weighted by atomic mass is 16.6. The molecule has 2 aliphatic rings. The lowest BCUT2D eigenvalue weighted by atomic mass is 9.73. The van der Waals surface area contributed by atoms with Crippen LogP contribution in [0.3, 0.4) is 0 Å². The van der Waals surface area contributed by atoms with Gasteiger partial charge in [0.1, 0.15) is 23.0 Å². The van der Waals surface area contributed by atoms with Crippen LogP contribution in [0.2, 0.25) is 0 Å². The van der Waals surface area contributed by atoms with Gasteiger partial charge in [0, 0.05) is 29.2 Å². The third kappa shape index (κ3) is 13.6. The molecule has 82 heavy (non-hydrogen) atoms. The van der Waals surface area contributed by atoms with Crippen LogP contribution in [-0.4, -0.2) is 63.8 Å². The molecule has 6 aromatic carbocycles. The molecule has 15 nitrogen and oxygen atoms in total. The van der Waals surface area contributed by atoms with Gasteiger partial charge < -0.3 is 38.6 Å². The van der Waals surface area contributed by atoms with Crippen LogP contribution in [0, 0.1) is 30.6 Å². The highest BCUT2D eigenvalue weighted by molar-refractivity contribution is 5.94. The zero-order valence-corrected chi connectivity index (χ0v) is 45.7. The predicted molar refractivity (Wildman–Crippen MR) is 306 cm³/mol. The fraction of sp³-hybridized carbons (Fsp3) is 0.224. The largest absolute Gasteiger partial charge is 0.494 e. The molecule has 0 amide bonds. The standard InChI is InChI=1S/C67H61NO14/c1-5-45(57-39-44-12-19-51(57)38-44)40-58(46-20-28-53(29-21-46)79-66(75)49-22-30-54(31-23-49)80-64(73)47-15-8-42(9-16-47)13-36-59(69)77-6-2)61-41(4)62(71)68(63(61)72)52-26-34-56(35-27-52)82-67(76)50-24-32-55(33-25-50)81-65(74)48-17-10-43(11-18-48)14-37-60(70)78-7-3/h8-37,44-45,51,57-58,71-72H,5-7,38-40H2,1-4H3. The molecule has 1 aromatic heterocycles. The van der Waals surface area contributed by atoms with Crippen LogP contribution < -0.4 is 18.9 Å². The number of rotatable bonds is 21. The summed E-state index contributed by atoms with van der Waals surface area (Å²) in [6.07, 6.45) is 14.3. The molecule has 9 rings (SSSR count). The van der Waals surface area contributed by atoms with Crippen molar-refractivity contribution >= 4 is 48.0 Å². The van der Waals surface area contributed by atoms with Crippen molar-refractivity contribution in [2.24, 2.45) is 23.7 Å². The monoisotopic (exact) mass is 1100 g/mol. The summed E-state index contributed by atoms with van der Waals surface area (Å²) in [6, 6.07) is 38.4. The molecule has 1 heterocycles. The number of carbonyl (C=O) groups is 6. The number of hydrogen-bond donors (Lipinski definition) is 2. The number of aromatic hydroxyl groups is 2. The molecule has 0 radical (unpaired) electrons. The van der Waals surface area contributed by atoms with E-state index >= 15 is 0 Å². The van der Waals surface area contributed by atoms with Gasteiger partial charge in [0.25, 0.3) is 0 Å². The summed E-state index contributed by atoms with van der Waals surface area (Å²) < 4.78 is 33.7. The van der Waals surface area contributed by atoms with Gasteiger partial charge in [-0.2, -0.15) is 0 Å². The molecule has 0 spiro atoms. The van der Waals surface area contributed by atoms with E-state index in [-0.39, 0.29) is 70.6 Å². The van der Waals surface area contributed by atoms with E-state index in [0.29, 0.717) is 63.6 Å². The van der Waals surface area contributed by atoms with E-state index in [4.69, 9.17) is 28.4 Å². The van der Waals surface area contributed by atoms with Crippen molar-refractivity contribution in [2.45, 2.75) is 59.3 Å². The number of allylic oxidation sites excluding steroid dienone is 2. The number of hydrogen-bond acceptors (Lipinski definition) is 14. The number of ether oxygens (including phenoxy) is 6. The molecule has 5 unspecified atom stereocenters. The Kier molecular flexibility index (Phi) is 18.1. The van der Waals surface area contributed by atoms with E-state index in [0.717, 1.165) is 24.8 Å². The van der Waals surface area contributed by atoms with Gasteiger partial charge in [-0.05, 0) is 202 Å². The van der Waals surface area contributed by atoms with E-state index in [1.54, 1.807) is 118 Å². The first kappa shape index (κ1) is 56.9. The number of esters is 6. The third-order valence-electron chi connectivity index (χ3n) is 14.8. The molecule has 2 aliphatic carbocycles. The summed E-state index contributed by atoms with van der Waals surface area (Å²) in [5, 5.41) is 24.0. The van der Waals surface area contributed by atoms with Gasteiger partial charge in [0.05, 0.1) is 41.2 Å². The minimum atomic E-state index is -0.666. The SMILES string of the molecule is CCOC(=O)C=Cc1ccc(C(=O)Oc2ccc(C(=O)Oc3ccc(C(CC(CC)C4CC5C=CC4C5)c4c(C)c(O)n(-c5ccc(OC(=O)c6ccc(OC(=O)c7ccc(C=CC(=O)OCC)cc7)cc6)cc5)c4O)cc3)cc2)cc1. The Morgan fingerprint density at radius 2 is 0.927 bits per heavy atom. The van der Waals surface area contributed by atoms with E-state index in [2.05, 4.69) is 19.1 Å². The molecule has 0 aliphatic heterocycles. The Morgan fingerprint density at radius 3 is 1.30 bits per heavy atom. The Bertz CT molecular complexity index is 3540. The minimum Gasteiger partial charge on any atom is -0.494 e. The molecule has 2 bridgehead atoms. The molecule has 418 valence electrons. The van der Waals surface area contributed by atoms with Gasteiger partial charge in [-0.25, -0.2) is 28.8 Å². The second-order valence-corrected chi connectivity index (χ2v) is 20.0. The first-order valence-electron chi connectivity index (χ1n) is 27.2. The summed E-state index contributed by atoms with van der Waals surface area (Å²) in [7, 11) is 0. The Morgan fingerprint density at radius 1 is 0.524 bits per heavy atom. The molecular weight excluding hydrogens is 1040 g/mol. The van der Waals surface area contributed by atoms with Crippen LogP contribution in [0.15, 0.2) is 170 Å². The summed E-state index contributed by atoms with van der Waals surface area (Å²) >= 11 is 0. The average molecular weight is 1100 g/mol. The third-order valence-corrected chi connectivity index (χ3v) is 14.8. The maximum absolute atomic E-state index is 13.4. The first-order valence-corrected chi connectivity index (χ1v) is 27.2. The van der Waals surface area contributed by atoms with E-state index < -0.39 is 35.8 Å². The van der Waals surface area contributed by atoms with Crippen molar-refractivity contribution in [2.75, 3.05) is 13.2 Å². The highest BCUT2D eigenvalue weighted by Crippen LogP contribution is 2.52. The lowest BCUT2D eigenvalue weighted by molar-refractivity contribution is -0.138. The van der Waals surface area contributed by atoms with E-state index in [9.17, 15) is 39.0 Å². The van der Waals surface area contributed by atoms with Gasteiger partial charge in [-0.3, -0.25) is 4.57 Å². The minimum absolute atomic E-state index is 0.142. The van der Waals surface area contributed by atoms with Crippen LogP contribution in [-0.2, 0) is 19.1 Å². The molecule has 15 heteroatoms. The normalized spacial score (nSPS) is 15.9. The van der Waals surface area contributed by atoms with Crippen molar-refractivity contribution in [1.82, 2.24) is 4.57 Å². The predicted octanol–water partition coefficient (Wildman–Crippen LogP) is 13.0. The fourth-order valence-electron chi connectivity index (χ4n) is 10.7. The van der Waals surface area contributed by atoms with Crippen LogP contribution >= 0.6 is 0 Å². The van der Waals surface area contributed by atoms with Crippen molar-refractivity contribution in [3.05, 3.63) is 220 Å². The summed E-state index contributed by atoms with van der Waals surface area (Å²) in [6.45, 7) is 7.94. The van der Waals surface area contributed by atoms with Gasteiger partial charge in [-0.15, -0.1) is 0 Å². The van der Waals surface area contributed by atoms with Crippen molar-refractivity contribution in [3.8, 4) is 40.4 Å². The van der Waals surface area contributed by atoms with Gasteiger partial charge in [0.2, 0.25) is 11.8 Å². The number of nitrogens with zero attached hydrogens (tertiary/aromatic N) is 1. The summed E-state index contributed by atoms with van der Waals surface area (Å²) in [4.78, 5) is 75.7. The van der Waals surface area contributed by atoms with E-state index in [1.807, 2.05) is 12.1 Å². The van der Waals surface area contributed by atoms with Gasteiger partial charge in [0.15, 0.2) is 0 Å². The second-order valence-electron chi connectivity index (χ2n) is 20.0. The summed E-state index contributed by atoms with van der Waals surface area (Å²) in [5.41, 5.74) is 4.71. The van der Waals surface area contributed by atoms with Crippen molar-refractivity contribution < 1.29 is 67.4 Å². The number of aromatic nitrogens is 1. The molecule has 7 aromatic rings. The van der Waals surface area contributed by atoms with Gasteiger partial charge in [-0.1, -0.05) is 61.9 Å². The second kappa shape index (κ2) is 26.0. The fourth-order valence-corrected chi connectivity index (χ4v) is 10.7. The highest BCUT2D eigenvalue weighted by Gasteiger charge is 2.41. The topological polar surface area (TPSA) is 203 Å². The zero-order valence-electron chi connectivity index (χ0n) is 45.7. The van der Waals surface area contributed by atoms with Crippen LogP contribution in [0.5, 0.6) is 34.8 Å². The summed E-state index contributed by atoms with van der Waals surface area (Å²) in [5.74, 6) is -1.38. The maximum atomic E-state index is 13.4. The molecule has 2 N–H and O–H groups in total. The van der Waals surface area contributed by atoms with E-state index in [1.165, 1.54) is 65.3 Å². The quantitative estimate of drug-likeness (QED) is 0.0298. The molecular formula is C67H61NO14. The smallest absolute Gasteiger partial charge is 0.343 e. The number of fused-ring (bicyclic) bond motifs is 2. The molecule has 1 saturated carbocycles. The molecule has 0 saturated heterocycles. The van der Waals surface area contributed by atoms with Gasteiger partial charge >= 0.3 is 35.8 Å². The molecule has 5 atom stereocenters. The molecule has 1 fully saturated rings. The zero-order chi connectivity index (χ0) is 57.9. The van der Waals surface area contributed by atoms with Crippen LogP contribution in [0.4, 0.5) is 0 Å². The van der Waals surface area contributed by atoms with Crippen LogP contribution in [0.25, 0.3) is 17.8 Å². The Hall–Kier alpha value is -9.76. The lowest BCUT2D eigenvalue weighted by Gasteiger charge is -2.31. The number of carbonyl (C=O) groups excluding carboxylic acids is 6. The Labute approximate surface area is 474 Å².